The van der Waals surface area contributed by atoms with Crippen molar-refractivity contribution in [3.8, 4) is 34.4 Å². The molecule has 0 N–H and O–H groups in total. The Morgan fingerprint density at radius 2 is 0.827 bits per heavy atom. The number of hydrogen-bond donors (Lipinski definition) is 0. The number of aromatic nitrogens is 5. The summed E-state index contributed by atoms with van der Waals surface area (Å²) < 4.78 is 4.65. The van der Waals surface area contributed by atoms with Crippen LogP contribution in [0.3, 0.4) is 0 Å². The van der Waals surface area contributed by atoms with E-state index in [-0.39, 0.29) is 0 Å². The third-order valence-corrected chi connectivity index (χ3v) is 10.3. The van der Waals surface area contributed by atoms with Crippen LogP contribution in [-0.4, -0.2) is 24.1 Å². The lowest BCUT2D eigenvalue weighted by atomic mass is 9.99. The van der Waals surface area contributed by atoms with Crippen molar-refractivity contribution in [1.29, 1.82) is 0 Å². The normalized spacial score (nSPS) is 11.8. The fraction of sp³-hybridized carbons (Fsp3) is 0. The Morgan fingerprint density at radius 3 is 1.50 bits per heavy atom. The Kier molecular flexibility index (Phi) is 6.18. The predicted molar refractivity (Wildman–Crippen MR) is 214 cm³/mol. The fourth-order valence-electron chi connectivity index (χ4n) is 8.03. The van der Waals surface area contributed by atoms with E-state index in [0.717, 1.165) is 44.1 Å². The Morgan fingerprint density at radius 1 is 0.327 bits per heavy atom. The zero-order valence-corrected chi connectivity index (χ0v) is 28.0. The minimum Gasteiger partial charge on any atom is -0.309 e. The van der Waals surface area contributed by atoms with Crippen LogP contribution in [0.1, 0.15) is 0 Å². The summed E-state index contributed by atoms with van der Waals surface area (Å²) in [5.74, 6) is 1.85. The maximum Gasteiger partial charge on any atom is 0.238 e. The van der Waals surface area contributed by atoms with Gasteiger partial charge in [0.15, 0.2) is 11.6 Å². The first-order chi connectivity index (χ1) is 25.8. The van der Waals surface area contributed by atoms with Gasteiger partial charge in [0.2, 0.25) is 5.95 Å². The smallest absolute Gasteiger partial charge is 0.238 e. The highest BCUT2D eigenvalue weighted by atomic mass is 15.2. The highest BCUT2D eigenvalue weighted by Crippen LogP contribution is 2.45. The van der Waals surface area contributed by atoms with E-state index in [1.165, 1.54) is 37.8 Å². The number of nitrogens with zero attached hydrogens (tertiary/aromatic N) is 5. The van der Waals surface area contributed by atoms with Crippen molar-refractivity contribution in [2.75, 3.05) is 0 Å². The van der Waals surface area contributed by atoms with E-state index in [9.17, 15) is 0 Å². The predicted octanol–water partition coefficient (Wildman–Crippen LogP) is 11.7. The van der Waals surface area contributed by atoms with E-state index in [2.05, 4.69) is 149 Å². The second-order valence-electron chi connectivity index (χ2n) is 13.3. The van der Waals surface area contributed by atoms with E-state index in [1.54, 1.807) is 0 Å². The minimum absolute atomic E-state index is 0.582. The molecule has 242 valence electrons. The molecule has 0 spiro atoms. The number of hydrogen-bond acceptors (Lipinski definition) is 3. The summed E-state index contributed by atoms with van der Waals surface area (Å²) in [4.78, 5) is 15.5. The molecular weight excluding hydrogens is 635 g/mol. The molecule has 0 aliphatic rings. The second-order valence-corrected chi connectivity index (χ2v) is 13.3. The van der Waals surface area contributed by atoms with Crippen LogP contribution < -0.4 is 0 Å². The maximum absolute atomic E-state index is 5.23. The lowest BCUT2D eigenvalue weighted by Crippen LogP contribution is -2.06. The van der Waals surface area contributed by atoms with E-state index in [4.69, 9.17) is 15.0 Å². The standard InChI is InChI=1S/C47H29N5/c1-4-15-31(16-5-1)45-48-46(32-17-6-2-7-18-32)50-47(49-45)52-39-26-27-40-44(43(39)37-28-33-19-10-11-20-34(33)29-41(37)52)42-36-23-13-12-14-30(36)24-25-38(42)51(40)35-21-8-3-9-22-35/h1-29H. The van der Waals surface area contributed by atoms with E-state index in [1.807, 2.05) is 36.4 Å². The summed E-state index contributed by atoms with van der Waals surface area (Å²) in [6, 6.07) is 62.0. The van der Waals surface area contributed by atoms with Gasteiger partial charge in [-0.05, 0) is 64.0 Å². The van der Waals surface area contributed by atoms with Gasteiger partial charge >= 0.3 is 0 Å². The summed E-state index contributed by atoms with van der Waals surface area (Å²) in [6.07, 6.45) is 0. The van der Waals surface area contributed by atoms with Crippen LogP contribution in [0, 0.1) is 0 Å². The number of rotatable bonds is 4. The molecule has 52 heavy (non-hydrogen) atoms. The molecule has 3 heterocycles. The van der Waals surface area contributed by atoms with Gasteiger partial charge in [-0.2, -0.15) is 9.97 Å². The van der Waals surface area contributed by atoms with E-state index >= 15 is 0 Å². The van der Waals surface area contributed by atoms with Crippen molar-refractivity contribution in [3.05, 3.63) is 176 Å². The molecule has 0 saturated heterocycles. The molecule has 5 heteroatoms. The zero-order chi connectivity index (χ0) is 34.2. The summed E-state index contributed by atoms with van der Waals surface area (Å²) in [5.41, 5.74) is 7.43. The zero-order valence-electron chi connectivity index (χ0n) is 28.0. The average molecular weight is 664 g/mol. The summed E-state index contributed by atoms with van der Waals surface area (Å²) in [5, 5.41) is 9.58. The van der Waals surface area contributed by atoms with Gasteiger partial charge in [0.05, 0.1) is 22.1 Å². The summed E-state index contributed by atoms with van der Waals surface area (Å²) in [7, 11) is 0. The third kappa shape index (κ3) is 4.26. The van der Waals surface area contributed by atoms with Crippen molar-refractivity contribution in [1.82, 2.24) is 24.1 Å². The van der Waals surface area contributed by atoms with Gasteiger partial charge in [0.25, 0.3) is 0 Å². The topological polar surface area (TPSA) is 48.5 Å². The van der Waals surface area contributed by atoms with Gasteiger partial charge < -0.3 is 4.57 Å². The highest BCUT2D eigenvalue weighted by Gasteiger charge is 2.24. The van der Waals surface area contributed by atoms with Gasteiger partial charge in [0, 0.05) is 38.4 Å². The van der Waals surface area contributed by atoms with Crippen LogP contribution in [0.4, 0.5) is 0 Å². The molecule has 0 radical (unpaired) electrons. The molecule has 11 rings (SSSR count). The molecule has 0 aliphatic heterocycles. The molecular formula is C47H29N5. The molecule has 11 aromatic rings. The molecule has 3 aromatic heterocycles. The SMILES string of the molecule is c1ccc(-c2nc(-c3ccccc3)nc(-n3c4cc5ccccc5cc4c4c5c6c7ccccc7ccc6n(-c6ccccc6)c5ccc43)n2)cc1. The summed E-state index contributed by atoms with van der Waals surface area (Å²) in [6.45, 7) is 0. The molecule has 8 aromatic carbocycles. The Hall–Kier alpha value is -7.11. The van der Waals surface area contributed by atoms with Gasteiger partial charge in [-0.25, -0.2) is 4.98 Å². The second kappa shape index (κ2) is 11.2. The largest absolute Gasteiger partial charge is 0.309 e. The lowest BCUT2D eigenvalue weighted by molar-refractivity contribution is 0.954. The Bertz CT molecular complexity index is 3100. The maximum atomic E-state index is 5.23. The van der Waals surface area contributed by atoms with Gasteiger partial charge in [-0.1, -0.05) is 133 Å². The quantitative estimate of drug-likeness (QED) is 0.188. The van der Waals surface area contributed by atoms with Crippen LogP contribution in [0.5, 0.6) is 0 Å². The fourth-order valence-corrected chi connectivity index (χ4v) is 8.03. The molecule has 0 fully saturated rings. The monoisotopic (exact) mass is 663 g/mol. The molecule has 5 nitrogen and oxygen atoms in total. The van der Waals surface area contributed by atoms with Crippen molar-refractivity contribution in [2.45, 2.75) is 0 Å². The first kappa shape index (κ1) is 28.7. The molecule has 0 atom stereocenters. The van der Waals surface area contributed by atoms with E-state index in [0.29, 0.717) is 17.6 Å². The molecule has 0 amide bonds. The van der Waals surface area contributed by atoms with Gasteiger partial charge in [-0.15, -0.1) is 0 Å². The van der Waals surface area contributed by atoms with Gasteiger partial charge in [0.1, 0.15) is 0 Å². The lowest BCUT2D eigenvalue weighted by Gasteiger charge is -2.11. The molecule has 0 unspecified atom stereocenters. The van der Waals surface area contributed by atoms with Crippen LogP contribution in [0.2, 0.25) is 0 Å². The molecule has 0 bridgehead atoms. The van der Waals surface area contributed by atoms with Crippen LogP contribution in [0.25, 0.3) is 99.6 Å². The Labute approximate surface area is 298 Å². The average Bonchev–Trinajstić information content (AvgIpc) is 3.73. The minimum atomic E-state index is 0.582. The Balaban J connectivity index is 1.35. The molecule has 0 aliphatic carbocycles. The van der Waals surface area contributed by atoms with Gasteiger partial charge in [-0.3, -0.25) is 4.57 Å². The number of fused-ring (bicyclic) bond motifs is 10. The molecule has 0 saturated carbocycles. The number of para-hydroxylation sites is 1. The van der Waals surface area contributed by atoms with Crippen molar-refractivity contribution >= 4 is 65.2 Å². The van der Waals surface area contributed by atoms with Crippen molar-refractivity contribution in [3.63, 3.8) is 0 Å². The van der Waals surface area contributed by atoms with Crippen molar-refractivity contribution in [2.24, 2.45) is 0 Å². The first-order valence-corrected chi connectivity index (χ1v) is 17.5. The van der Waals surface area contributed by atoms with Crippen LogP contribution in [0.15, 0.2) is 176 Å². The number of benzene rings is 8. The van der Waals surface area contributed by atoms with Crippen LogP contribution >= 0.6 is 0 Å². The highest BCUT2D eigenvalue weighted by molar-refractivity contribution is 6.33. The summed E-state index contributed by atoms with van der Waals surface area (Å²) >= 11 is 0. The van der Waals surface area contributed by atoms with Crippen molar-refractivity contribution < 1.29 is 0 Å². The van der Waals surface area contributed by atoms with E-state index < -0.39 is 0 Å². The third-order valence-electron chi connectivity index (χ3n) is 10.3. The van der Waals surface area contributed by atoms with Crippen LogP contribution in [-0.2, 0) is 0 Å². The first-order valence-electron chi connectivity index (χ1n) is 17.5.